The van der Waals surface area contributed by atoms with Gasteiger partial charge in [-0.25, -0.2) is 0 Å². The molecule has 5 heavy (non-hydrogen) atoms. The zero-order valence-electron chi connectivity index (χ0n) is 3.45. The van der Waals surface area contributed by atoms with E-state index in [0.29, 0.717) is 0 Å². The van der Waals surface area contributed by atoms with Crippen molar-refractivity contribution in [1.29, 1.82) is 0 Å². The molecule has 0 aromatic heterocycles. The Hall–Kier alpha value is 1.66. The van der Waals surface area contributed by atoms with Crippen LogP contribution in [0.4, 0.5) is 0 Å². The molecular formula is C2H9BKN. The van der Waals surface area contributed by atoms with Crippen molar-refractivity contribution in [3.63, 3.8) is 0 Å². The molecule has 3 heteroatoms. The number of nitrogens with zero attached hydrogens (tertiary/aromatic N) is 1. The van der Waals surface area contributed by atoms with Crippen molar-refractivity contribution in [2.45, 2.75) is 0 Å². The summed E-state index contributed by atoms with van der Waals surface area (Å²) in [7, 11) is 3.50. The first-order chi connectivity index (χ1) is 1.41. The second-order valence-electron chi connectivity index (χ2n) is 0.447. The third-order valence-corrected chi connectivity index (χ3v) is 0. The van der Waals surface area contributed by atoms with Gasteiger partial charge in [-0.2, -0.15) is 14.1 Å². The fourth-order valence-electron chi connectivity index (χ4n) is 0. The van der Waals surface area contributed by atoms with Crippen molar-refractivity contribution in [1.82, 2.24) is 0 Å². The average Bonchev–Trinajstić information content (AvgIpc) is 0.918. The first-order valence-corrected chi connectivity index (χ1v) is 0.894. The van der Waals surface area contributed by atoms with Crippen LogP contribution in [0.25, 0.3) is 5.32 Å². The molecule has 0 aliphatic heterocycles. The van der Waals surface area contributed by atoms with Gasteiger partial charge in [0.25, 0.3) is 0 Å². The zero-order valence-corrected chi connectivity index (χ0v) is 6.57. The van der Waals surface area contributed by atoms with Gasteiger partial charge in [0, 0.05) is 0 Å². The van der Waals surface area contributed by atoms with Gasteiger partial charge in [0.1, 0.15) is 0 Å². The van der Waals surface area contributed by atoms with Crippen LogP contribution in [0.2, 0.25) is 0 Å². The molecule has 0 unspecified atom stereocenters. The zero-order chi connectivity index (χ0) is 2.71. The maximum absolute atomic E-state index is 3.50. The van der Waals surface area contributed by atoms with E-state index in [2.05, 4.69) is 5.32 Å². The molecule has 0 spiro atoms. The molecule has 0 N–H and O–H groups in total. The van der Waals surface area contributed by atoms with Crippen molar-refractivity contribution in [2.24, 2.45) is 0 Å². The molecular weight excluding hydrogens is 87.9 g/mol. The molecule has 0 aliphatic carbocycles. The topological polar surface area (TPSA) is 14.1 Å². The molecule has 0 heterocycles. The van der Waals surface area contributed by atoms with E-state index in [0.717, 1.165) is 0 Å². The number of rotatable bonds is 0. The Labute approximate surface area is 77.9 Å². The van der Waals surface area contributed by atoms with Crippen LogP contribution in [0.1, 0.15) is 0 Å². The minimum atomic E-state index is 0. The van der Waals surface area contributed by atoms with E-state index < -0.39 is 0 Å². The molecule has 0 bridgehead atoms. The van der Waals surface area contributed by atoms with Crippen LogP contribution in [0, 0.1) is 0 Å². The quantitative estimate of drug-likeness (QED) is 0.278. The van der Waals surface area contributed by atoms with E-state index >= 15 is 0 Å². The maximum atomic E-state index is 3.50. The molecule has 0 amide bonds. The second kappa shape index (κ2) is 17.4. The van der Waals surface area contributed by atoms with Gasteiger partial charge >= 0.3 is 51.4 Å². The van der Waals surface area contributed by atoms with Gasteiger partial charge in [0.2, 0.25) is 0 Å². The molecule has 0 saturated carbocycles. The molecule has 0 fully saturated rings. The summed E-state index contributed by atoms with van der Waals surface area (Å²) >= 11 is 0. The molecule has 0 aromatic rings. The molecule has 0 aliphatic rings. The van der Waals surface area contributed by atoms with E-state index in [1.807, 2.05) is 0 Å². The minimum absolute atomic E-state index is 0. The summed E-state index contributed by atoms with van der Waals surface area (Å²) in [5, 5.41) is 3.50. The van der Waals surface area contributed by atoms with Crippen LogP contribution in [-0.2, 0) is 0 Å². The Bertz CT molecular complexity index is 9.61. The van der Waals surface area contributed by atoms with Crippen LogP contribution < -0.4 is 51.4 Å². The summed E-state index contributed by atoms with van der Waals surface area (Å²) in [5.41, 5.74) is 0. The maximum Gasteiger partial charge on any atom is 1.00 e. The average molecular weight is 97.0 g/mol. The van der Waals surface area contributed by atoms with Crippen LogP contribution in [0.5, 0.6) is 0 Å². The van der Waals surface area contributed by atoms with Crippen molar-refractivity contribution in [3.8, 4) is 0 Å². The SMILES string of the molecule is B.C[N-]C.[K+]. The predicted molar refractivity (Wildman–Crippen MR) is 25.1 cm³/mol. The van der Waals surface area contributed by atoms with Crippen molar-refractivity contribution < 1.29 is 51.4 Å². The Morgan fingerprint density at radius 3 is 1.20 bits per heavy atom. The predicted octanol–water partition coefficient (Wildman–Crippen LogP) is -3.56. The first kappa shape index (κ1) is 15.9. The number of hydrogen-bond acceptors (Lipinski definition) is 0. The van der Waals surface area contributed by atoms with Gasteiger partial charge < -0.3 is 5.32 Å². The van der Waals surface area contributed by atoms with Gasteiger partial charge in [0.15, 0.2) is 0 Å². The summed E-state index contributed by atoms with van der Waals surface area (Å²) in [5.74, 6) is 0. The normalized spacial score (nSPS) is 3.60. The van der Waals surface area contributed by atoms with Crippen LogP contribution in [0.15, 0.2) is 0 Å². The summed E-state index contributed by atoms with van der Waals surface area (Å²) < 4.78 is 0. The third kappa shape index (κ3) is 27.5. The van der Waals surface area contributed by atoms with Crippen LogP contribution in [0.3, 0.4) is 0 Å². The van der Waals surface area contributed by atoms with E-state index in [1.165, 1.54) is 0 Å². The standard InChI is InChI=1S/C2H6N.BH3.K/c1-3-2;;/h1-2H3;1H3;/q-1;;+1. The molecule has 0 aromatic carbocycles. The minimum Gasteiger partial charge on any atom is -0.668 e. The van der Waals surface area contributed by atoms with E-state index in [9.17, 15) is 0 Å². The molecule has 0 radical (unpaired) electrons. The van der Waals surface area contributed by atoms with E-state index in [4.69, 9.17) is 0 Å². The number of hydrogen-bond donors (Lipinski definition) is 0. The first-order valence-electron chi connectivity index (χ1n) is 0.894. The van der Waals surface area contributed by atoms with Crippen LogP contribution >= 0.6 is 0 Å². The van der Waals surface area contributed by atoms with Crippen molar-refractivity contribution >= 4 is 8.41 Å². The van der Waals surface area contributed by atoms with E-state index in [1.54, 1.807) is 14.1 Å². The summed E-state index contributed by atoms with van der Waals surface area (Å²) in [6.07, 6.45) is 0. The van der Waals surface area contributed by atoms with Gasteiger partial charge in [-0.3, -0.25) is 0 Å². The summed E-state index contributed by atoms with van der Waals surface area (Å²) in [6, 6.07) is 0. The fourth-order valence-corrected chi connectivity index (χ4v) is 0. The van der Waals surface area contributed by atoms with Gasteiger partial charge in [-0.1, -0.05) is 0 Å². The summed E-state index contributed by atoms with van der Waals surface area (Å²) in [4.78, 5) is 0. The Morgan fingerprint density at radius 2 is 1.20 bits per heavy atom. The second-order valence-corrected chi connectivity index (χ2v) is 0.447. The van der Waals surface area contributed by atoms with Gasteiger partial charge in [-0.15, -0.1) is 0 Å². The fraction of sp³-hybridized carbons (Fsp3) is 1.00. The third-order valence-electron chi connectivity index (χ3n) is 0. The largest absolute Gasteiger partial charge is 1.00 e. The van der Waals surface area contributed by atoms with E-state index in [-0.39, 0.29) is 59.8 Å². The van der Waals surface area contributed by atoms with Gasteiger partial charge in [-0.05, 0) is 0 Å². The van der Waals surface area contributed by atoms with Gasteiger partial charge in [0.05, 0.1) is 8.41 Å². The Morgan fingerprint density at radius 1 is 1.20 bits per heavy atom. The molecule has 0 rings (SSSR count). The molecule has 1 nitrogen and oxygen atoms in total. The smallest absolute Gasteiger partial charge is 0.668 e. The Kier molecular flexibility index (Phi) is 55.3. The van der Waals surface area contributed by atoms with Crippen LogP contribution in [-0.4, -0.2) is 22.5 Å². The monoisotopic (exact) mass is 97.0 g/mol. The molecule has 0 saturated heterocycles. The Balaban J connectivity index is -0.0000000200. The van der Waals surface area contributed by atoms with Crippen molar-refractivity contribution in [3.05, 3.63) is 5.32 Å². The summed E-state index contributed by atoms with van der Waals surface area (Å²) in [6.45, 7) is 0. The molecule has 0 atom stereocenters. The molecule has 26 valence electrons. The van der Waals surface area contributed by atoms with Crippen molar-refractivity contribution in [2.75, 3.05) is 14.1 Å².